The van der Waals surface area contributed by atoms with Gasteiger partial charge in [0.05, 0.1) is 46.8 Å². The number of para-hydroxylation sites is 2. The SMILES string of the molecule is O=C([O-])[C@H](Cc1ccc(C[C@H](N=C(c2ccccc2)c2ccccc2N=C([O-])[C@@H]2CCCN2Cc2ccccc2)C(=O)[O-])cc1)N=C(c1ccccc1)c1ccccc1N=C([O-])[C@@H]1CCCN1Cc1ccccc1.[Ni+2].[Ni+2]. The van der Waals surface area contributed by atoms with Crippen LogP contribution in [-0.4, -0.2) is 82.2 Å². The van der Waals surface area contributed by atoms with Crippen LogP contribution in [0.1, 0.15) is 70.2 Å². The summed E-state index contributed by atoms with van der Waals surface area (Å²) in [6.07, 6.45) is 3.02. The van der Waals surface area contributed by atoms with E-state index in [1.807, 2.05) is 121 Å². The van der Waals surface area contributed by atoms with Gasteiger partial charge in [-0.15, -0.1) is 0 Å². The number of benzene rings is 7. The zero-order valence-corrected chi connectivity index (χ0v) is 43.6. The Hall–Kier alpha value is -7.33. The maximum atomic E-state index is 13.9. The first-order valence-corrected chi connectivity index (χ1v) is 25.2. The number of carbonyl (C=O) groups excluding carboxylic acids is 2. The average molecular weight is 1100 g/mol. The third-order valence-corrected chi connectivity index (χ3v) is 13.6. The summed E-state index contributed by atoms with van der Waals surface area (Å²) >= 11 is 0. The summed E-state index contributed by atoms with van der Waals surface area (Å²) < 4.78 is 0. The molecule has 12 nitrogen and oxygen atoms in total. The maximum absolute atomic E-state index is 13.9. The number of aliphatic carboxylic acids is 2. The fourth-order valence-corrected chi connectivity index (χ4v) is 9.88. The number of aliphatic imine (C=N–C) groups is 4. The Bertz CT molecular complexity index is 2930. The van der Waals surface area contributed by atoms with Crippen molar-refractivity contribution in [2.24, 2.45) is 20.0 Å². The van der Waals surface area contributed by atoms with Gasteiger partial charge in [0.1, 0.15) is 0 Å². The van der Waals surface area contributed by atoms with Crippen molar-refractivity contribution in [1.29, 1.82) is 0 Å². The summed E-state index contributed by atoms with van der Waals surface area (Å²) in [5.74, 6) is -3.32. The summed E-state index contributed by atoms with van der Waals surface area (Å²) in [5.41, 5.74) is 7.23. The number of carboxylic acid groups (broad SMARTS) is 2. The van der Waals surface area contributed by atoms with E-state index in [1.54, 1.807) is 72.8 Å². The number of carbonyl (C=O) groups is 2. The summed E-state index contributed by atoms with van der Waals surface area (Å²) in [5, 5.41) is 53.8. The van der Waals surface area contributed by atoms with Crippen LogP contribution in [0.5, 0.6) is 0 Å². The molecule has 2 heterocycles. The van der Waals surface area contributed by atoms with E-state index < -0.39 is 36.1 Å². The van der Waals surface area contributed by atoms with E-state index in [-0.39, 0.29) is 57.6 Å². The Kier molecular flexibility index (Phi) is 20.4. The molecule has 76 heavy (non-hydrogen) atoms. The Morgan fingerprint density at radius 2 is 0.763 bits per heavy atom. The standard InChI is InChI=1S/C62H60N6O6.2Ni/c69-59(55-31-17-37-67(55)41-45-19-5-1-6-20-45)65-51-29-15-13-27-49(51)57(47-23-9-3-10-24-47)63-53(61(71)72)39-43-33-35-44(36-34-43)40-54(62(73)74)64-58(48-25-11-4-12-26-48)50-28-14-16-30-52(50)66-60(70)56-32-18-38-68(56)42-46-21-7-2-8-22-46;;/h1-16,19-30,33-36,53-56H,17-18,31-32,37-42H2,(H,65,69)(H,66,70)(H,71,72)(H,73,74);;/q;2*+2/p-4/t53-,54-,55-,56-;;/m0../s1. The van der Waals surface area contributed by atoms with Crippen molar-refractivity contribution >= 4 is 46.5 Å². The molecule has 0 radical (unpaired) electrons. The topological polar surface area (TPSA) is 182 Å². The largest absolute Gasteiger partial charge is 2.00 e. The van der Waals surface area contributed by atoms with Crippen LogP contribution in [0.4, 0.5) is 11.4 Å². The van der Waals surface area contributed by atoms with E-state index in [9.17, 15) is 30.0 Å². The molecule has 7 aromatic rings. The monoisotopic (exact) mass is 1100 g/mol. The molecule has 0 spiro atoms. The van der Waals surface area contributed by atoms with Crippen LogP contribution in [0.15, 0.2) is 214 Å². The van der Waals surface area contributed by atoms with Gasteiger partial charge in [-0.1, -0.05) is 182 Å². The van der Waals surface area contributed by atoms with Crippen molar-refractivity contribution in [2.45, 2.75) is 75.8 Å². The van der Waals surface area contributed by atoms with Gasteiger partial charge >= 0.3 is 33.0 Å². The van der Waals surface area contributed by atoms with Gasteiger partial charge in [0.2, 0.25) is 0 Å². The van der Waals surface area contributed by atoms with Crippen molar-refractivity contribution in [3.63, 3.8) is 0 Å². The molecule has 2 fully saturated rings. The quantitative estimate of drug-likeness (QED) is 0.0492. The zero-order chi connectivity index (χ0) is 51.2. The molecular weight excluding hydrogens is 1040 g/mol. The minimum Gasteiger partial charge on any atom is -0.861 e. The van der Waals surface area contributed by atoms with Crippen LogP contribution in [-0.2, 0) is 68.5 Å². The first-order valence-electron chi connectivity index (χ1n) is 25.2. The predicted octanol–water partition coefficient (Wildman–Crippen LogP) is 6.19. The Morgan fingerprint density at radius 1 is 0.434 bits per heavy atom. The molecule has 9 rings (SSSR count). The van der Waals surface area contributed by atoms with Crippen LogP contribution in [0, 0.1) is 0 Å². The minimum absolute atomic E-state index is 0. The van der Waals surface area contributed by atoms with E-state index in [0.717, 1.165) is 37.1 Å². The van der Waals surface area contributed by atoms with Crippen LogP contribution >= 0.6 is 0 Å². The smallest absolute Gasteiger partial charge is 0.861 e. The Labute approximate surface area is 464 Å². The second kappa shape index (κ2) is 27.5. The third kappa shape index (κ3) is 14.5. The molecule has 2 aliphatic rings. The van der Waals surface area contributed by atoms with Crippen molar-refractivity contribution < 1.29 is 63.0 Å². The molecule has 0 amide bonds. The Morgan fingerprint density at radius 3 is 1.12 bits per heavy atom. The number of rotatable bonds is 20. The van der Waals surface area contributed by atoms with Crippen molar-refractivity contribution in [3.05, 3.63) is 239 Å². The van der Waals surface area contributed by atoms with E-state index in [2.05, 4.69) is 19.8 Å². The van der Waals surface area contributed by atoms with Gasteiger partial charge in [0.15, 0.2) is 0 Å². The number of hydrogen-bond donors (Lipinski definition) is 0. The molecule has 0 saturated carbocycles. The molecule has 4 atom stereocenters. The predicted molar refractivity (Wildman–Crippen MR) is 282 cm³/mol. The average Bonchev–Trinajstić information content (AvgIpc) is 4.11. The van der Waals surface area contributed by atoms with Crippen molar-refractivity contribution in [3.8, 4) is 0 Å². The van der Waals surface area contributed by atoms with Crippen molar-refractivity contribution in [1.82, 2.24) is 9.80 Å². The van der Waals surface area contributed by atoms with Gasteiger partial charge in [-0.2, -0.15) is 0 Å². The van der Waals surface area contributed by atoms with Crippen LogP contribution in [0.3, 0.4) is 0 Å². The van der Waals surface area contributed by atoms with E-state index in [1.165, 1.54) is 0 Å². The van der Waals surface area contributed by atoms with E-state index in [4.69, 9.17) is 9.98 Å². The van der Waals surface area contributed by atoms with Gasteiger partial charge in [0.25, 0.3) is 0 Å². The van der Waals surface area contributed by atoms with Crippen LogP contribution in [0.2, 0.25) is 0 Å². The molecule has 0 unspecified atom stereocenters. The number of nitrogens with zero attached hydrogens (tertiary/aromatic N) is 6. The maximum Gasteiger partial charge on any atom is 2.00 e. The first-order chi connectivity index (χ1) is 36.2. The molecular formula is C62H56N6Ni2O6. The minimum atomic E-state index is -1.39. The molecule has 2 saturated heterocycles. The van der Waals surface area contributed by atoms with Crippen LogP contribution in [0.25, 0.3) is 0 Å². The van der Waals surface area contributed by atoms with E-state index >= 15 is 0 Å². The fourth-order valence-electron chi connectivity index (χ4n) is 9.88. The summed E-state index contributed by atoms with van der Waals surface area (Å²) in [4.78, 5) is 49.2. The van der Waals surface area contributed by atoms with Gasteiger partial charge in [-0.05, 0) is 85.0 Å². The summed E-state index contributed by atoms with van der Waals surface area (Å²) in [7, 11) is 0. The molecule has 2 aliphatic heterocycles. The van der Waals surface area contributed by atoms with Gasteiger partial charge in [-0.25, -0.2) is 0 Å². The van der Waals surface area contributed by atoms with Gasteiger partial charge in [0, 0.05) is 60.3 Å². The second-order valence-electron chi connectivity index (χ2n) is 18.7. The molecule has 0 aromatic heterocycles. The molecule has 390 valence electrons. The number of carboxylic acids is 2. The van der Waals surface area contributed by atoms with Gasteiger partial charge in [-0.3, -0.25) is 29.8 Å². The summed E-state index contributed by atoms with van der Waals surface area (Å²) in [6, 6.07) is 56.2. The van der Waals surface area contributed by atoms with Gasteiger partial charge < -0.3 is 30.0 Å². The van der Waals surface area contributed by atoms with Crippen molar-refractivity contribution in [2.75, 3.05) is 13.1 Å². The molecule has 14 heteroatoms. The number of likely N-dealkylation sites (tertiary alicyclic amines) is 2. The first kappa shape index (κ1) is 56.4. The van der Waals surface area contributed by atoms with E-state index in [0.29, 0.717) is 82.1 Å². The third-order valence-electron chi connectivity index (χ3n) is 13.6. The zero-order valence-electron chi connectivity index (χ0n) is 41.6. The summed E-state index contributed by atoms with van der Waals surface area (Å²) in [6.45, 7) is 2.82. The number of hydrogen-bond acceptors (Lipinski definition) is 12. The fraction of sp³-hybridized carbons (Fsp3) is 0.226. The molecule has 7 aromatic carbocycles. The second-order valence-corrected chi connectivity index (χ2v) is 18.7. The normalized spacial score (nSPS) is 17.3. The Balaban J connectivity index is 0.00000420. The molecule has 0 bridgehead atoms. The molecule has 0 aliphatic carbocycles. The van der Waals surface area contributed by atoms with Crippen LogP contribution < -0.4 is 20.4 Å². The molecule has 0 N–H and O–H groups in total.